The number of unbranched alkanes of at least 4 members (excludes halogenated alkanes) is 16. The summed E-state index contributed by atoms with van der Waals surface area (Å²) < 4.78 is 0. The van der Waals surface area contributed by atoms with Gasteiger partial charge in [-0.05, 0) is 73.9 Å². The molecule has 0 aromatic heterocycles. The normalized spacial score (nSPS) is 11.2. The van der Waals surface area contributed by atoms with Crippen LogP contribution in [0.3, 0.4) is 0 Å². The number of aromatic hydroxyl groups is 2. The first kappa shape index (κ1) is 31.9. The van der Waals surface area contributed by atoms with Crippen LogP contribution in [0.25, 0.3) is 0 Å². The molecule has 0 bridgehead atoms. The number of benzene rings is 2. The van der Waals surface area contributed by atoms with Crippen molar-refractivity contribution in [2.24, 2.45) is 0 Å². The van der Waals surface area contributed by atoms with E-state index >= 15 is 0 Å². The first-order chi connectivity index (χ1) is 18.6. The minimum absolute atomic E-state index is 0.349. The van der Waals surface area contributed by atoms with E-state index in [0.29, 0.717) is 17.3 Å². The average Bonchev–Trinajstić information content (AvgIpc) is 2.92. The Balaban J connectivity index is 1.25. The van der Waals surface area contributed by atoms with Crippen LogP contribution in [0.4, 0.5) is 0 Å². The topological polar surface area (TPSA) is 57.5 Å². The van der Waals surface area contributed by atoms with Crippen LogP contribution in [-0.2, 0) is 17.6 Å². The van der Waals surface area contributed by atoms with E-state index < -0.39 is 0 Å². The van der Waals surface area contributed by atoms with Crippen molar-refractivity contribution < 1.29 is 15.0 Å². The summed E-state index contributed by atoms with van der Waals surface area (Å²) in [5, 5.41) is 18.7. The number of aryl methyl sites for hydroxylation is 2. The lowest BCUT2D eigenvalue weighted by Gasteiger charge is -2.05. The quantitative estimate of drug-likeness (QED) is 0.135. The van der Waals surface area contributed by atoms with Gasteiger partial charge < -0.3 is 10.2 Å². The molecule has 3 heteroatoms. The van der Waals surface area contributed by atoms with Crippen LogP contribution in [-0.4, -0.2) is 16.0 Å². The molecule has 0 aliphatic rings. The number of carbonyl (C=O) groups excluding carboxylic acids is 1. The van der Waals surface area contributed by atoms with Crippen molar-refractivity contribution >= 4 is 5.78 Å². The molecule has 2 N–H and O–H groups in total. The smallest absolute Gasteiger partial charge is 0.132 e. The van der Waals surface area contributed by atoms with Gasteiger partial charge in [-0.3, -0.25) is 4.79 Å². The highest BCUT2D eigenvalue weighted by molar-refractivity contribution is 5.78. The fourth-order valence-corrected chi connectivity index (χ4v) is 5.23. The Labute approximate surface area is 233 Å². The van der Waals surface area contributed by atoms with Crippen molar-refractivity contribution in [2.75, 3.05) is 0 Å². The van der Waals surface area contributed by atoms with Gasteiger partial charge in [0.1, 0.15) is 17.3 Å². The standard InChI is InChI=1S/C35H54O3/c36-33(21-17-13-9-5-1-3-7-11-15-19-31-23-27-34(37)28-24-31)22-18-14-10-6-2-4-8-12-16-20-32-25-29-35(38)30-26-32/h23-30,37-38H,1-22H2. The van der Waals surface area contributed by atoms with E-state index in [1.807, 2.05) is 24.3 Å². The summed E-state index contributed by atoms with van der Waals surface area (Å²) in [6.07, 6.45) is 26.6. The van der Waals surface area contributed by atoms with Crippen LogP contribution in [0, 0.1) is 0 Å². The monoisotopic (exact) mass is 522 g/mol. The van der Waals surface area contributed by atoms with Gasteiger partial charge >= 0.3 is 0 Å². The molecule has 0 unspecified atom stereocenters. The number of hydrogen-bond donors (Lipinski definition) is 2. The van der Waals surface area contributed by atoms with E-state index in [1.165, 1.54) is 114 Å². The zero-order chi connectivity index (χ0) is 27.1. The largest absolute Gasteiger partial charge is 0.508 e. The van der Waals surface area contributed by atoms with Gasteiger partial charge in [-0.15, -0.1) is 0 Å². The molecule has 3 nitrogen and oxygen atoms in total. The van der Waals surface area contributed by atoms with Crippen LogP contribution in [0.5, 0.6) is 11.5 Å². The molecule has 2 aromatic rings. The number of Topliss-reactive ketones (excluding diaryl/α,β-unsaturated/α-hetero) is 1. The molecule has 212 valence electrons. The molecular weight excluding hydrogens is 468 g/mol. The van der Waals surface area contributed by atoms with Gasteiger partial charge in [0.2, 0.25) is 0 Å². The second kappa shape index (κ2) is 21.6. The molecule has 0 amide bonds. The van der Waals surface area contributed by atoms with Gasteiger partial charge in [0.15, 0.2) is 0 Å². The number of ketones is 1. The van der Waals surface area contributed by atoms with Gasteiger partial charge in [-0.1, -0.05) is 114 Å². The van der Waals surface area contributed by atoms with Gasteiger partial charge in [-0.25, -0.2) is 0 Å². The second-order valence-corrected chi connectivity index (χ2v) is 11.2. The highest BCUT2D eigenvalue weighted by Crippen LogP contribution is 2.17. The molecule has 0 aliphatic heterocycles. The lowest BCUT2D eigenvalue weighted by molar-refractivity contribution is -0.119. The number of carbonyl (C=O) groups is 1. The van der Waals surface area contributed by atoms with Crippen LogP contribution in [0.15, 0.2) is 48.5 Å². The Kier molecular flexibility index (Phi) is 18.2. The molecule has 0 radical (unpaired) electrons. The van der Waals surface area contributed by atoms with Crippen LogP contribution in [0.2, 0.25) is 0 Å². The van der Waals surface area contributed by atoms with Crippen molar-refractivity contribution in [3.8, 4) is 11.5 Å². The second-order valence-electron chi connectivity index (χ2n) is 11.2. The van der Waals surface area contributed by atoms with Gasteiger partial charge in [-0.2, -0.15) is 0 Å². The van der Waals surface area contributed by atoms with Crippen molar-refractivity contribution in [1.29, 1.82) is 0 Å². The molecule has 0 heterocycles. The molecule has 0 spiro atoms. The maximum atomic E-state index is 12.1. The first-order valence-electron chi connectivity index (χ1n) is 15.7. The third-order valence-electron chi connectivity index (χ3n) is 7.71. The predicted octanol–water partition coefficient (Wildman–Crippen LogP) is 10.3. The molecule has 0 fully saturated rings. The average molecular weight is 523 g/mol. The Morgan fingerprint density at radius 2 is 0.658 bits per heavy atom. The molecule has 38 heavy (non-hydrogen) atoms. The summed E-state index contributed by atoms with van der Waals surface area (Å²) in [7, 11) is 0. The Morgan fingerprint density at radius 1 is 0.395 bits per heavy atom. The third-order valence-corrected chi connectivity index (χ3v) is 7.71. The van der Waals surface area contributed by atoms with Crippen molar-refractivity contribution in [3.63, 3.8) is 0 Å². The summed E-state index contributed by atoms with van der Waals surface area (Å²) >= 11 is 0. The van der Waals surface area contributed by atoms with Crippen molar-refractivity contribution in [3.05, 3.63) is 59.7 Å². The van der Waals surface area contributed by atoms with Crippen LogP contribution < -0.4 is 0 Å². The molecule has 0 atom stereocenters. The van der Waals surface area contributed by atoms with Crippen LogP contribution in [0.1, 0.15) is 140 Å². The Bertz CT molecular complexity index is 756. The molecular formula is C35H54O3. The van der Waals surface area contributed by atoms with E-state index in [9.17, 15) is 15.0 Å². The van der Waals surface area contributed by atoms with E-state index in [2.05, 4.69) is 0 Å². The fraction of sp³-hybridized carbons (Fsp3) is 0.629. The molecule has 0 saturated heterocycles. The summed E-state index contributed by atoms with van der Waals surface area (Å²) in [5.74, 6) is 1.18. The first-order valence-corrected chi connectivity index (χ1v) is 15.7. The van der Waals surface area contributed by atoms with Crippen molar-refractivity contribution in [1.82, 2.24) is 0 Å². The Hall–Kier alpha value is -2.29. The number of hydrogen-bond acceptors (Lipinski definition) is 3. The lowest BCUT2D eigenvalue weighted by atomic mass is 10.0. The number of rotatable bonds is 24. The predicted molar refractivity (Wildman–Crippen MR) is 161 cm³/mol. The zero-order valence-corrected chi connectivity index (χ0v) is 24.0. The van der Waals surface area contributed by atoms with E-state index in [0.717, 1.165) is 38.5 Å². The van der Waals surface area contributed by atoms with Gasteiger partial charge in [0.25, 0.3) is 0 Å². The summed E-state index contributed by atoms with van der Waals surface area (Å²) in [6, 6.07) is 15.2. The molecule has 0 aliphatic carbocycles. The zero-order valence-electron chi connectivity index (χ0n) is 24.0. The maximum Gasteiger partial charge on any atom is 0.132 e. The fourth-order valence-electron chi connectivity index (χ4n) is 5.23. The minimum atomic E-state index is 0.349. The maximum absolute atomic E-state index is 12.1. The minimum Gasteiger partial charge on any atom is -0.508 e. The highest BCUT2D eigenvalue weighted by Gasteiger charge is 2.02. The van der Waals surface area contributed by atoms with E-state index in [-0.39, 0.29) is 0 Å². The highest BCUT2D eigenvalue weighted by atomic mass is 16.3. The SMILES string of the molecule is O=C(CCCCCCCCCCCc1ccc(O)cc1)CCCCCCCCCCCc1ccc(O)cc1. The lowest BCUT2D eigenvalue weighted by Crippen LogP contribution is -1.97. The summed E-state index contributed by atoms with van der Waals surface area (Å²) in [4.78, 5) is 12.1. The molecule has 0 saturated carbocycles. The Morgan fingerprint density at radius 3 is 0.974 bits per heavy atom. The number of phenols is 2. The summed E-state index contributed by atoms with van der Waals surface area (Å²) in [6.45, 7) is 0. The van der Waals surface area contributed by atoms with Crippen molar-refractivity contribution in [2.45, 2.75) is 141 Å². The summed E-state index contributed by atoms with van der Waals surface area (Å²) in [5.41, 5.74) is 2.64. The number of phenolic OH excluding ortho intramolecular Hbond substituents is 2. The van der Waals surface area contributed by atoms with E-state index in [1.54, 1.807) is 24.3 Å². The molecule has 2 aromatic carbocycles. The van der Waals surface area contributed by atoms with Crippen LogP contribution >= 0.6 is 0 Å². The third kappa shape index (κ3) is 17.3. The van der Waals surface area contributed by atoms with E-state index in [4.69, 9.17) is 0 Å². The molecule has 2 rings (SSSR count). The van der Waals surface area contributed by atoms with Gasteiger partial charge in [0.05, 0.1) is 0 Å². The van der Waals surface area contributed by atoms with Gasteiger partial charge in [0, 0.05) is 12.8 Å².